The summed E-state index contributed by atoms with van der Waals surface area (Å²) in [5.74, 6) is -0.00772. The van der Waals surface area contributed by atoms with Gasteiger partial charge in [-0.25, -0.2) is 8.42 Å². The van der Waals surface area contributed by atoms with Gasteiger partial charge in [-0.05, 0) is 54.5 Å². The zero-order valence-corrected chi connectivity index (χ0v) is 15.6. The molecule has 1 aromatic heterocycles. The van der Waals surface area contributed by atoms with Crippen LogP contribution < -0.4 is 4.90 Å². The molecule has 0 saturated carbocycles. The van der Waals surface area contributed by atoms with Crippen molar-refractivity contribution < 1.29 is 13.2 Å². The average molecular weight is 377 g/mol. The first-order valence-corrected chi connectivity index (χ1v) is 10.8. The summed E-state index contributed by atoms with van der Waals surface area (Å²) < 4.78 is 28.0. The highest BCUT2D eigenvalue weighted by molar-refractivity contribution is 7.89. The second kappa shape index (κ2) is 6.23. The molecule has 0 spiro atoms. The first-order valence-electron chi connectivity index (χ1n) is 8.45. The molecule has 5 nitrogen and oxygen atoms in total. The molecule has 25 heavy (non-hydrogen) atoms. The Morgan fingerprint density at radius 2 is 2.08 bits per heavy atom. The maximum absolute atomic E-state index is 13.2. The fourth-order valence-electron chi connectivity index (χ4n) is 3.79. The van der Waals surface area contributed by atoms with Crippen LogP contribution in [0.1, 0.15) is 36.2 Å². The molecule has 1 saturated heterocycles. The largest absolute Gasteiger partial charge is 0.312 e. The van der Waals surface area contributed by atoms with E-state index in [1.54, 1.807) is 38.7 Å². The number of benzene rings is 1. The summed E-state index contributed by atoms with van der Waals surface area (Å²) in [4.78, 5) is 14.8. The van der Waals surface area contributed by atoms with Crippen LogP contribution in [-0.2, 0) is 21.2 Å². The van der Waals surface area contributed by atoms with Gasteiger partial charge in [-0.2, -0.15) is 4.31 Å². The summed E-state index contributed by atoms with van der Waals surface area (Å²) in [6, 6.07) is 9.07. The van der Waals surface area contributed by atoms with Gasteiger partial charge < -0.3 is 4.90 Å². The van der Waals surface area contributed by atoms with Crippen LogP contribution in [0.3, 0.4) is 0 Å². The molecule has 1 unspecified atom stereocenters. The lowest BCUT2D eigenvalue weighted by atomic mass is 10.2. The van der Waals surface area contributed by atoms with Gasteiger partial charge in [0.15, 0.2) is 0 Å². The summed E-state index contributed by atoms with van der Waals surface area (Å²) in [6.45, 7) is 2.72. The van der Waals surface area contributed by atoms with Crippen molar-refractivity contribution >= 4 is 33.0 Å². The number of carbonyl (C=O) groups is 1. The number of anilines is 1. The van der Waals surface area contributed by atoms with E-state index in [1.807, 2.05) is 17.5 Å². The van der Waals surface area contributed by atoms with Crippen molar-refractivity contribution in [1.82, 2.24) is 4.31 Å². The molecule has 0 aliphatic carbocycles. The molecule has 1 aromatic carbocycles. The molecule has 1 fully saturated rings. The van der Waals surface area contributed by atoms with E-state index in [9.17, 15) is 13.2 Å². The van der Waals surface area contributed by atoms with E-state index < -0.39 is 10.0 Å². The molecule has 132 valence electrons. The van der Waals surface area contributed by atoms with Gasteiger partial charge >= 0.3 is 0 Å². The predicted molar refractivity (Wildman–Crippen MR) is 98.4 cm³/mol. The van der Waals surface area contributed by atoms with Gasteiger partial charge in [-0.15, -0.1) is 11.3 Å². The van der Waals surface area contributed by atoms with E-state index >= 15 is 0 Å². The number of hydrogen-bond donors (Lipinski definition) is 0. The van der Waals surface area contributed by atoms with Crippen molar-refractivity contribution in [2.45, 2.75) is 37.1 Å². The highest BCUT2D eigenvalue weighted by atomic mass is 32.2. The lowest BCUT2D eigenvalue weighted by molar-refractivity contribution is -0.116. The number of carbonyl (C=O) groups excluding carboxylic acids is 1. The number of rotatable bonds is 3. The van der Waals surface area contributed by atoms with E-state index in [0.717, 1.165) is 29.0 Å². The number of sulfonamides is 1. The van der Waals surface area contributed by atoms with Crippen LogP contribution in [0.2, 0.25) is 0 Å². The summed E-state index contributed by atoms with van der Waals surface area (Å²) in [7, 11) is -3.54. The molecule has 7 heteroatoms. The van der Waals surface area contributed by atoms with E-state index in [4.69, 9.17) is 0 Å². The van der Waals surface area contributed by atoms with Gasteiger partial charge in [0.25, 0.3) is 0 Å². The van der Waals surface area contributed by atoms with Crippen LogP contribution in [0, 0.1) is 0 Å². The molecule has 2 aromatic rings. The van der Waals surface area contributed by atoms with Gasteiger partial charge in [0.2, 0.25) is 15.9 Å². The lowest BCUT2D eigenvalue weighted by Crippen LogP contribution is -2.30. The number of hydrogen-bond acceptors (Lipinski definition) is 4. The van der Waals surface area contributed by atoms with Gasteiger partial charge in [0, 0.05) is 30.6 Å². The third-order valence-electron chi connectivity index (χ3n) is 5.01. The van der Waals surface area contributed by atoms with Crippen molar-refractivity contribution in [1.29, 1.82) is 0 Å². The molecular weight excluding hydrogens is 356 g/mol. The monoisotopic (exact) mass is 376 g/mol. The highest BCUT2D eigenvalue weighted by Gasteiger charge is 2.37. The summed E-state index contributed by atoms with van der Waals surface area (Å²) in [5, 5.41) is 1.99. The maximum Gasteiger partial charge on any atom is 0.243 e. The maximum atomic E-state index is 13.2. The van der Waals surface area contributed by atoms with Crippen molar-refractivity contribution in [2.75, 3.05) is 18.0 Å². The second-order valence-corrected chi connectivity index (χ2v) is 9.37. The van der Waals surface area contributed by atoms with Gasteiger partial charge in [0.1, 0.15) is 0 Å². The Kier molecular flexibility index (Phi) is 4.17. The molecule has 1 amide bonds. The Balaban J connectivity index is 1.68. The standard InChI is InChI=1S/C18H20N2O3S2/c1-13(21)19-10-8-14-12-15(6-7-16(14)19)25(22,23)20-9-2-4-17(20)18-5-3-11-24-18/h3,5-7,11-12,17H,2,4,8-10H2,1H3. The summed E-state index contributed by atoms with van der Waals surface area (Å²) >= 11 is 1.61. The molecule has 1 atom stereocenters. The molecule has 4 rings (SSSR count). The zero-order valence-electron chi connectivity index (χ0n) is 14.0. The minimum Gasteiger partial charge on any atom is -0.312 e. The Labute approximate surface area is 151 Å². The SMILES string of the molecule is CC(=O)N1CCc2cc(S(=O)(=O)N3CCCC3c3cccs3)ccc21. The Morgan fingerprint density at radius 1 is 1.24 bits per heavy atom. The highest BCUT2D eigenvalue weighted by Crippen LogP contribution is 2.39. The van der Waals surface area contributed by atoms with E-state index in [1.165, 1.54) is 6.92 Å². The first-order chi connectivity index (χ1) is 12.0. The van der Waals surface area contributed by atoms with Crippen LogP contribution in [0.5, 0.6) is 0 Å². The summed E-state index contributed by atoms with van der Waals surface area (Å²) in [5.41, 5.74) is 1.77. The molecule has 2 aliphatic heterocycles. The Bertz CT molecular complexity index is 906. The minimum absolute atomic E-state index is 0.00772. The van der Waals surface area contributed by atoms with Crippen molar-refractivity contribution in [3.8, 4) is 0 Å². The number of nitrogens with zero attached hydrogens (tertiary/aromatic N) is 2. The van der Waals surface area contributed by atoms with Gasteiger partial charge in [-0.3, -0.25) is 4.79 Å². The van der Waals surface area contributed by atoms with Gasteiger partial charge in [0.05, 0.1) is 10.9 Å². The first kappa shape index (κ1) is 16.8. The van der Waals surface area contributed by atoms with Crippen molar-refractivity contribution in [3.05, 3.63) is 46.2 Å². The Hall–Kier alpha value is -1.70. The molecule has 0 radical (unpaired) electrons. The molecule has 2 aliphatic rings. The quantitative estimate of drug-likeness (QED) is 0.827. The van der Waals surface area contributed by atoms with E-state index in [0.29, 0.717) is 24.4 Å². The Morgan fingerprint density at radius 3 is 2.80 bits per heavy atom. The number of amides is 1. The van der Waals surface area contributed by atoms with Crippen molar-refractivity contribution in [3.63, 3.8) is 0 Å². The van der Waals surface area contributed by atoms with Crippen LogP contribution in [-0.4, -0.2) is 31.7 Å². The van der Waals surface area contributed by atoms with Crippen LogP contribution in [0.4, 0.5) is 5.69 Å². The van der Waals surface area contributed by atoms with Gasteiger partial charge in [-0.1, -0.05) is 6.07 Å². The van der Waals surface area contributed by atoms with Crippen molar-refractivity contribution in [2.24, 2.45) is 0 Å². The van der Waals surface area contributed by atoms with E-state index in [-0.39, 0.29) is 11.9 Å². The van der Waals surface area contributed by atoms with Crippen LogP contribution in [0.15, 0.2) is 40.6 Å². The molecule has 3 heterocycles. The normalized spacial score (nSPS) is 20.8. The van der Waals surface area contributed by atoms with E-state index in [2.05, 4.69) is 0 Å². The summed E-state index contributed by atoms with van der Waals surface area (Å²) in [6.07, 6.45) is 2.44. The smallest absolute Gasteiger partial charge is 0.243 e. The number of thiophene rings is 1. The zero-order chi connectivity index (χ0) is 17.6. The number of fused-ring (bicyclic) bond motifs is 1. The lowest BCUT2D eigenvalue weighted by Gasteiger charge is -2.24. The minimum atomic E-state index is -3.54. The average Bonchev–Trinajstić information content (AvgIpc) is 3.32. The predicted octanol–water partition coefficient (Wildman–Crippen LogP) is 3.18. The third-order valence-corrected chi connectivity index (χ3v) is 7.89. The van der Waals surface area contributed by atoms with Crippen LogP contribution >= 0.6 is 11.3 Å². The molecular formula is C18H20N2O3S2. The fourth-order valence-corrected chi connectivity index (χ4v) is 6.46. The topological polar surface area (TPSA) is 57.7 Å². The fraction of sp³-hybridized carbons (Fsp3) is 0.389. The van der Waals surface area contributed by atoms with Crippen LogP contribution in [0.25, 0.3) is 0 Å². The molecule has 0 N–H and O–H groups in total. The third kappa shape index (κ3) is 2.80. The second-order valence-electron chi connectivity index (χ2n) is 6.50. The molecule has 0 bridgehead atoms.